The molecule has 0 saturated carbocycles. The number of halogens is 2. The molecule has 2 aromatic heterocycles. The van der Waals surface area contributed by atoms with Crippen LogP contribution in [0.25, 0.3) is 16.7 Å². The van der Waals surface area contributed by atoms with Gasteiger partial charge in [-0.25, -0.2) is 8.42 Å². The number of benzene rings is 2. The summed E-state index contributed by atoms with van der Waals surface area (Å²) in [5.41, 5.74) is 2.86. The number of nitrogens with zero attached hydrogens (tertiary/aromatic N) is 2. The zero-order valence-corrected chi connectivity index (χ0v) is 18.6. The molecule has 0 radical (unpaired) electrons. The lowest BCUT2D eigenvalue weighted by molar-refractivity contribution is 0.0918. The number of sulfonamides is 1. The van der Waals surface area contributed by atoms with Crippen LogP contribution in [0.3, 0.4) is 0 Å². The number of aromatic nitrogens is 2. The Labute approximate surface area is 191 Å². The first kappa shape index (κ1) is 22.0. The van der Waals surface area contributed by atoms with Crippen molar-refractivity contribution in [3.63, 3.8) is 0 Å². The lowest BCUT2D eigenvalue weighted by atomic mass is 10.1. The van der Waals surface area contributed by atoms with Crippen molar-refractivity contribution >= 4 is 50.1 Å². The van der Waals surface area contributed by atoms with Crippen LogP contribution < -0.4 is 15.8 Å². The van der Waals surface area contributed by atoms with Crippen molar-refractivity contribution in [1.82, 2.24) is 20.0 Å². The molecule has 0 aliphatic rings. The molecule has 12 heteroatoms. The standard InChI is InChI=1S/C20H14Cl2N4O5S/c1-11-14-4-2-3-5-16(14)31-18(11)19(27)24-25-32(29,30)13-8-6-12(7-9-13)26-20(28)17(22)15(21)10-23-26/h2-10,25H,1H3,(H,24,27). The zero-order chi connectivity index (χ0) is 23.0. The van der Waals surface area contributed by atoms with E-state index >= 15 is 0 Å². The maximum Gasteiger partial charge on any atom is 0.302 e. The molecule has 4 rings (SSSR count). The molecule has 0 spiro atoms. The summed E-state index contributed by atoms with van der Waals surface area (Å²) in [4.78, 5) is 26.5. The monoisotopic (exact) mass is 492 g/mol. The summed E-state index contributed by atoms with van der Waals surface area (Å²) in [7, 11) is -4.11. The maximum absolute atomic E-state index is 12.6. The van der Waals surface area contributed by atoms with Crippen LogP contribution in [-0.2, 0) is 10.0 Å². The van der Waals surface area contributed by atoms with Crippen LogP contribution in [-0.4, -0.2) is 24.1 Å². The Balaban J connectivity index is 1.52. The highest BCUT2D eigenvalue weighted by molar-refractivity contribution is 7.89. The highest BCUT2D eigenvalue weighted by Crippen LogP contribution is 2.24. The Hall–Kier alpha value is -3.18. The predicted molar refractivity (Wildman–Crippen MR) is 119 cm³/mol. The van der Waals surface area contributed by atoms with Gasteiger partial charge in [0.25, 0.3) is 15.6 Å². The van der Waals surface area contributed by atoms with Gasteiger partial charge in [0.1, 0.15) is 10.6 Å². The van der Waals surface area contributed by atoms with E-state index in [4.69, 9.17) is 27.6 Å². The lowest BCUT2D eigenvalue weighted by Crippen LogP contribution is -2.41. The number of carbonyl (C=O) groups excluding carboxylic acids is 1. The van der Waals surface area contributed by atoms with Crippen LogP contribution in [0.15, 0.2) is 68.8 Å². The minimum atomic E-state index is -4.11. The molecular formula is C20H14Cl2N4O5S. The molecule has 1 amide bonds. The van der Waals surface area contributed by atoms with Crippen LogP contribution in [0.5, 0.6) is 0 Å². The van der Waals surface area contributed by atoms with E-state index in [2.05, 4.69) is 10.5 Å². The Morgan fingerprint density at radius 3 is 2.47 bits per heavy atom. The summed E-state index contributed by atoms with van der Waals surface area (Å²) in [6.07, 6.45) is 1.20. The number of rotatable bonds is 5. The van der Waals surface area contributed by atoms with Crippen LogP contribution in [0, 0.1) is 6.92 Å². The summed E-state index contributed by atoms with van der Waals surface area (Å²) in [6.45, 7) is 1.70. The van der Waals surface area contributed by atoms with E-state index in [1.165, 1.54) is 30.5 Å². The van der Waals surface area contributed by atoms with E-state index in [1.807, 2.05) is 4.83 Å². The molecule has 9 nitrogen and oxygen atoms in total. The Morgan fingerprint density at radius 1 is 1.09 bits per heavy atom. The second kappa shape index (κ2) is 8.40. The van der Waals surface area contributed by atoms with Crippen molar-refractivity contribution in [1.29, 1.82) is 0 Å². The van der Waals surface area contributed by atoms with Crippen molar-refractivity contribution in [2.24, 2.45) is 0 Å². The molecule has 2 aromatic carbocycles. The summed E-state index contributed by atoms with van der Waals surface area (Å²) < 4.78 is 31.6. The third kappa shape index (κ3) is 4.00. The molecule has 0 bridgehead atoms. The molecule has 32 heavy (non-hydrogen) atoms. The van der Waals surface area contributed by atoms with Crippen LogP contribution >= 0.6 is 23.2 Å². The number of carbonyl (C=O) groups is 1. The second-order valence-corrected chi connectivity index (χ2v) is 9.10. The number of para-hydroxylation sites is 1. The number of furan rings is 1. The topological polar surface area (TPSA) is 123 Å². The van der Waals surface area contributed by atoms with Gasteiger partial charge in [-0.3, -0.25) is 15.0 Å². The number of hydrogen-bond acceptors (Lipinski definition) is 6. The van der Waals surface area contributed by atoms with E-state index < -0.39 is 21.5 Å². The number of hydrogen-bond donors (Lipinski definition) is 2. The van der Waals surface area contributed by atoms with Gasteiger partial charge in [0.2, 0.25) is 0 Å². The largest absolute Gasteiger partial charge is 0.451 e. The molecule has 2 heterocycles. The fourth-order valence-electron chi connectivity index (χ4n) is 2.98. The van der Waals surface area contributed by atoms with Crippen molar-refractivity contribution in [3.8, 4) is 5.69 Å². The van der Waals surface area contributed by atoms with Gasteiger partial charge in [-0.1, -0.05) is 41.4 Å². The van der Waals surface area contributed by atoms with Crippen molar-refractivity contribution in [3.05, 3.63) is 86.5 Å². The van der Waals surface area contributed by atoms with Gasteiger partial charge < -0.3 is 4.42 Å². The van der Waals surface area contributed by atoms with E-state index in [0.29, 0.717) is 11.1 Å². The third-order valence-electron chi connectivity index (χ3n) is 4.62. The molecule has 164 valence electrons. The minimum absolute atomic E-state index is 0.00526. The molecule has 0 saturated heterocycles. The molecule has 0 fully saturated rings. The highest BCUT2D eigenvalue weighted by Gasteiger charge is 2.21. The lowest BCUT2D eigenvalue weighted by Gasteiger charge is -2.09. The summed E-state index contributed by atoms with van der Waals surface area (Å²) in [6, 6.07) is 12.3. The number of amides is 1. The molecular weight excluding hydrogens is 479 g/mol. The molecule has 2 N–H and O–H groups in total. The van der Waals surface area contributed by atoms with Gasteiger partial charge in [0.05, 0.1) is 21.8 Å². The Kier molecular flexibility index (Phi) is 5.78. The van der Waals surface area contributed by atoms with E-state index in [0.717, 1.165) is 10.1 Å². The normalized spacial score (nSPS) is 11.6. The third-order valence-corrected chi connectivity index (χ3v) is 6.63. The summed E-state index contributed by atoms with van der Waals surface area (Å²) >= 11 is 11.6. The van der Waals surface area contributed by atoms with E-state index in [1.54, 1.807) is 31.2 Å². The zero-order valence-electron chi connectivity index (χ0n) is 16.3. The SMILES string of the molecule is Cc1c(C(=O)NNS(=O)(=O)c2ccc(-n3ncc(Cl)c(Cl)c3=O)cc2)oc2ccccc12. The van der Waals surface area contributed by atoms with Crippen LogP contribution in [0.4, 0.5) is 0 Å². The van der Waals surface area contributed by atoms with E-state index in [-0.39, 0.29) is 26.4 Å². The summed E-state index contributed by atoms with van der Waals surface area (Å²) in [5, 5.41) is 4.43. The Bertz CT molecular complexity index is 1510. The Morgan fingerprint density at radius 2 is 1.78 bits per heavy atom. The van der Waals surface area contributed by atoms with Crippen molar-refractivity contribution in [2.75, 3.05) is 0 Å². The number of nitrogens with one attached hydrogen (secondary N) is 2. The van der Waals surface area contributed by atoms with Gasteiger partial charge >= 0.3 is 5.91 Å². The average Bonchev–Trinajstić information content (AvgIpc) is 3.13. The minimum Gasteiger partial charge on any atom is -0.451 e. The number of fused-ring (bicyclic) bond motifs is 1. The van der Waals surface area contributed by atoms with Gasteiger partial charge in [-0.05, 0) is 37.3 Å². The first-order chi connectivity index (χ1) is 15.2. The fourth-order valence-corrected chi connectivity index (χ4v) is 4.08. The van der Waals surface area contributed by atoms with Gasteiger partial charge in [-0.2, -0.15) is 9.78 Å². The van der Waals surface area contributed by atoms with Crippen LogP contribution in [0.2, 0.25) is 10.0 Å². The maximum atomic E-state index is 12.6. The van der Waals surface area contributed by atoms with Gasteiger partial charge in [0, 0.05) is 10.9 Å². The predicted octanol–water partition coefficient (Wildman–Crippen LogP) is 3.22. The highest BCUT2D eigenvalue weighted by atomic mass is 35.5. The molecule has 4 aromatic rings. The number of aryl methyl sites for hydroxylation is 1. The van der Waals surface area contributed by atoms with Crippen molar-refractivity contribution in [2.45, 2.75) is 11.8 Å². The smallest absolute Gasteiger partial charge is 0.302 e. The second-order valence-electron chi connectivity index (χ2n) is 6.63. The van der Waals surface area contributed by atoms with Crippen molar-refractivity contribution < 1.29 is 17.6 Å². The van der Waals surface area contributed by atoms with E-state index in [9.17, 15) is 18.0 Å². The van der Waals surface area contributed by atoms with Crippen LogP contribution in [0.1, 0.15) is 16.1 Å². The van der Waals surface area contributed by atoms with Gasteiger partial charge in [0.15, 0.2) is 5.76 Å². The quantitative estimate of drug-likeness (QED) is 0.412. The molecule has 0 atom stereocenters. The molecule has 0 unspecified atom stereocenters. The first-order valence-corrected chi connectivity index (χ1v) is 11.3. The number of hydrazine groups is 1. The molecule has 0 aliphatic carbocycles. The van der Waals surface area contributed by atoms with Gasteiger partial charge in [-0.15, -0.1) is 4.83 Å². The first-order valence-electron chi connectivity index (χ1n) is 9.03. The fraction of sp³-hybridized carbons (Fsp3) is 0.0500. The average molecular weight is 493 g/mol. The summed E-state index contributed by atoms with van der Waals surface area (Å²) in [5.74, 6) is -0.750. The molecule has 0 aliphatic heterocycles.